The van der Waals surface area contributed by atoms with Crippen molar-refractivity contribution in [3.63, 3.8) is 0 Å². The van der Waals surface area contributed by atoms with Gasteiger partial charge in [-0.1, -0.05) is 29.3 Å². The molecule has 10 nitrogen and oxygen atoms in total. The second-order valence-corrected chi connectivity index (χ2v) is 10.3. The smallest absolute Gasteiger partial charge is 0.280 e. The van der Waals surface area contributed by atoms with Crippen molar-refractivity contribution in [2.24, 2.45) is 0 Å². The van der Waals surface area contributed by atoms with E-state index >= 15 is 0 Å². The van der Waals surface area contributed by atoms with Gasteiger partial charge in [0.25, 0.3) is 5.91 Å². The number of anilines is 1. The molecule has 1 N–H and O–H groups in total. The van der Waals surface area contributed by atoms with Crippen LogP contribution in [0.15, 0.2) is 94.1 Å². The molecule has 37 heavy (non-hydrogen) atoms. The maximum Gasteiger partial charge on any atom is 0.280 e. The predicted octanol–water partition coefficient (Wildman–Crippen LogP) is 3.96. The van der Waals surface area contributed by atoms with Gasteiger partial charge in [0, 0.05) is 31.0 Å². The molecule has 0 radical (unpaired) electrons. The number of rotatable bonds is 5. The average molecular weight is 553 g/mol. The van der Waals surface area contributed by atoms with Crippen LogP contribution in [0.25, 0.3) is 16.7 Å². The van der Waals surface area contributed by atoms with Gasteiger partial charge in [-0.05, 0) is 42.5 Å². The lowest BCUT2D eigenvalue weighted by atomic mass is 10.2. The van der Waals surface area contributed by atoms with E-state index in [-0.39, 0.29) is 42.2 Å². The van der Waals surface area contributed by atoms with Gasteiger partial charge in [-0.2, -0.15) is 5.10 Å². The molecule has 13 heteroatoms. The van der Waals surface area contributed by atoms with Crippen LogP contribution in [0.5, 0.6) is 0 Å². The molecule has 0 bridgehead atoms. The van der Waals surface area contributed by atoms with E-state index in [0.29, 0.717) is 0 Å². The minimum Gasteiger partial charge on any atom is -0.318 e. The Morgan fingerprint density at radius 1 is 0.892 bits per heavy atom. The van der Waals surface area contributed by atoms with Crippen LogP contribution in [0.1, 0.15) is 10.5 Å². The molecular weight excluding hydrogens is 539 g/mol. The SMILES string of the molecule is O=C(Nc1c(Cl)cncc1Cl)c1nn(-c2cccc(S(=O)(=O)c3cccnc3)c2)c2ncccc2c1=O. The summed E-state index contributed by atoms with van der Waals surface area (Å²) in [6, 6.07) is 11.9. The van der Waals surface area contributed by atoms with E-state index in [2.05, 4.69) is 25.4 Å². The summed E-state index contributed by atoms with van der Waals surface area (Å²) >= 11 is 12.2. The first kappa shape index (κ1) is 24.5. The van der Waals surface area contributed by atoms with Gasteiger partial charge in [0.1, 0.15) is 0 Å². The summed E-state index contributed by atoms with van der Waals surface area (Å²) in [6.45, 7) is 0. The highest BCUT2D eigenvalue weighted by molar-refractivity contribution is 7.91. The van der Waals surface area contributed by atoms with Gasteiger partial charge in [0.2, 0.25) is 15.3 Å². The minimum atomic E-state index is -3.91. The molecule has 0 aliphatic carbocycles. The van der Waals surface area contributed by atoms with Crippen molar-refractivity contribution < 1.29 is 13.2 Å². The fourth-order valence-corrected chi connectivity index (χ4v) is 5.24. The Bertz CT molecular complexity index is 1830. The first-order chi connectivity index (χ1) is 17.8. The molecule has 0 fully saturated rings. The number of carbonyl (C=O) groups excluding carboxylic acids is 1. The first-order valence-corrected chi connectivity index (χ1v) is 12.8. The standard InChI is InChI=1S/C24H14Cl2N6O4S/c25-18-12-28-13-19(26)20(18)30-24(34)21-22(33)17-7-3-9-29-23(17)32(31-21)14-4-1-5-15(10-14)37(35,36)16-6-2-8-27-11-16/h1-13H,(H,28,30,34). The van der Waals surface area contributed by atoms with Crippen LogP contribution >= 0.6 is 23.2 Å². The monoisotopic (exact) mass is 552 g/mol. The summed E-state index contributed by atoms with van der Waals surface area (Å²) in [4.78, 5) is 38.2. The first-order valence-electron chi connectivity index (χ1n) is 10.5. The Labute approximate surface area is 219 Å². The van der Waals surface area contributed by atoms with Crippen molar-refractivity contribution in [3.05, 3.63) is 105 Å². The van der Waals surface area contributed by atoms with Gasteiger partial charge in [-0.25, -0.2) is 18.1 Å². The molecule has 4 aromatic heterocycles. The summed E-state index contributed by atoms with van der Waals surface area (Å²) in [7, 11) is -3.91. The lowest BCUT2D eigenvalue weighted by molar-refractivity contribution is 0.102. The van der Waals surface area contributed by atoms with Crippen LogP contribution in [0, 0.1) is 0 Å². The molecule has 4 heterocycles. The topological polar surface area (TPSA) is 137 Å². The Hall–Kier alpha value is -4.19. The van der Waals surface area contributed by atoms with Gasteiger partial charge < -0.3 is 5.32 Å². The molecule has 0 unspecified atom stereocenters. The number of fused-ring (bicyclic) bond motifs is 1. The lowest BCUT2D eigenvalue weighted by Crippen LogP contribution is -2.27. The maximum absolute atomic E-state index is 13.2. The highest BCUT2D eigenvalue weighted by atomic mass is 35.5. The number of benzene rings is 1. The van der Waals surface area contributed by atoms with E-state index in [0.717, 1.165) is 0 Å². The number of hydrogen-bond acceptors (Lipinski definition) is 8. The summed E-state index contributed by atoms with van der Waals surface area (Å²) in [5, 5.41) is 6.96. The molecule has 0 atom stereocenters. The molecule has 5 rings (SSSR count). The van der Waals surface area contributed by atoms with E-state index in [9.17, 15) is 18.0 Å². The number of aromatic nitrogens is 5. The fourth-order valence-electron chi connectivity index (χ4n) is 3.52. The number of amides is 1. The molecule has 1 amide bonds. The van der Waals surface area contributed by atoms with E-state index in [1.807, 2.05) is 0 Å². The Morgan fingerprint density at radius 3 is 2.35 bits per heavy atom. The third-order valence-electron chi connectivity index (χ3n) is 5.27. The van der Waals surface area contributed by atoms with Crippen molar-refractivity contribution in [3.8, 4) is 5.69 Å². The van der Waals surface area contributed by atoms with Crippen molar-refractivity contribution in [1.29, 1.82) is 0 Å². The number of sulfone groups is 1. The van der Waals surface area contributed by atoms with Gasteiger partial charge >= 0.3 is 0 Å². The molecule has 0 saturated carbocycles. The van der Waals surface area contributed by atoms with Crippen molar-refractivity contribution in [1.82, 2.24) is 24.7 Å². The Morgan fingerprint density at radius 2 is 1.62 bits per heavy atom. The van der Waals surface area contributed by atoms with Crippen LogP contribution in [0.2, 0.25) is 10.0 Å². The molecule has 0 spiro atoms. The molecule has 5 aromatic rings. The quantitative estimate of drug-likeness (QED) is 0.345. The van der Waals surface area contributed by atoms with Gasteiger partial charge in [0.15, 0.2) is 11.3 Å². The van der Waals surface area contributed by atoms with E-state index in [1.165, 1.54) is 78.1 Å². The second kappa shape index (κ2) is 9.69. The average Bonchev–Trinajstić information content (AvgIpc) is 2.91. The van der Waals surface area contributed by atoms with Crippen molar-refractivity contribution in [2.45, 2.75) is 9.79 Å². The third-order valence-corrected chi connectivity index (χ3v) is 7.58. The fraction of sp³-hybridized carbons (Fsp3) is 0. The zero-order valence-electron chi connectivity index (χ0n) is 18.5. The molecule has 0 aliphatic rings. The van der Waals surface area contributed by atoms with Crippen LogP contribution < -0.4 is 10.7 Å². The van der Waals surface area contributed by atoms with Gasteiger partial charge in [-0.15, -0.1) is 0 Å². The normalized spacial score (nSPS) is 11.4. The Balaban J connectivity index is 1.66. The number of hydrogen-bond donors (Lipinski definition) is 1. The Kier molecular flexibility index (Phi) is 6.42. The van der Waals surface area contributed by atoms with Gasteiger partial charge in [0.05, 0.1) is 36.6 Å². The van der Waals surface area contributed by atoms with Crippen LogP contribution in [-0.2, 0) is 9.84 Å². The van der Waals surface area contributed by atoms with Crippen LogP contribution in [0.4, 0.5) is 5.69 Å². The van der Waals surface area contributed by atoms with Crippen LogP contribution in [-0.4, -0.2) is 39.1 Å². The molecule has 0 saturated heterocycles. The lowest BCUT2D eigenvalue weighted by Gasteiger charge is -2.13. The van der Waals surface area contributed by atoms with E-state index in [1.54, 1.807) is 6.07 Å². The van der Waals surface area contributed by atoms with E-state index < -0.39 is 26.9 Å². The predicted molar refractivity (Wildman–Crippen MR) is 137 cm³/mol. The van der Waals surface area contributed by atoms with Crippen LogP contribution in [0.3, 0.4) is 0 Å². The number of nitrogens with zero attached hydrogens (tertiary/aromatic N) is 5. The second-order valence-electron chi connectivity index (χ2n) is 7.59. The van der Waals surface area contributed by atoms with E-state index in [4.69, 9.17) is 23.2 Å². The number of pyridine rings is 3. The molecule has 184 valence electrons. The zero-order chi connectivity index (χ0) is 26.2. The highest BCUT2D eigenvalue weighted by Gasteiger charge is 2.23. The minimum absolute atomic E-state index is 0.00849. The molecular formula is C24H14Cl2N6O4S. The highest BCUT2D eigenvalue weighted by Crippen LogP contribution is 2.29. The summed E-state index contributed by atoms with van der Waals surface area (Å²) < 4.78 is 27.5. The molecule has 1 aromatic carbocycles. The summed E-state index contributed by atoms with van der Waals surface area (Å²) in [5.41, 5.74) is -0.725. The third kappa shape index (κ3) is 4.55. The number of halogens is 2. The van der Waals surface area contributed by atoms with Crippen molar-refractivity contribution >= 4 is 55.7 Å². The number of nitrogens with one attached hydrogen (secondary N) is 1. The maximum atomic E-state index is 13.2. The zero-order valence-corrected chi connectivity index (χ0v) is 20.9. The summed E-state index contributed by atoms with van der Waals surface area (Å²) in [5.74, 6) is -0.876. The number of carbonyl (C=O) groups is 1. The van der Waals surface area contributed by atoms with Crippen molar-refractivity contribution in [2.75, 3.05) is 5.32 Å². The van der Waals surface area contributed by atoms with Gasteiger partial charge in [-0.3, -0.25) is 19.6 Å². The largest absolute Gasteiger partial charge is 0.318 e. The molecule has 0 aliphatic heterocycles. The summed E-state index contributed by atoms with van der Waals surface area (Å²) in [6.07, 6.45) is 6.73.